The molecule has 28 heavy (non-hydrogen) atoms. The van der Waals surface area contributed by atoms with Gasteiger partial charge in [-0.05, 0) is 52.9 Å². The Balaban J connectivity index is 1.65. The van der Waals surface area contributed by atoms with E-state index in [1.807, 2.05) is 30.3 Å². The number of rotatable bonds is 7. The Morgan fingerprint density at radius 2 is 1.29 bits per heavy atom. The molecule has 0 atom stereocenters. The van der Waals surface area contributed by atoms with Gasteiger partial charge in [-0.15, -0.1) is 0 Å². The van der Waals surface area contributed by atoms with E-state index in [0.717, 1.165) is 35.5 Å². The van der Waals surface area contributed by atoms with Crippen molar-refractivity contribution < 1.29 is 14.3 Å². The zero-order valence-corrected chi connectivity index (χ0v) is 16.2. The summed E-state index contributed by atoms with van der Waals surface area (Å²) in [5.41, 5.74) is 5.03. The van der Waals surface area contributed by atoms with E-state index in [-0.39, 0.29) is 5.97 Å². The van der Waals surface area contributed by atoms with Crippen molar-refractivity contribution in [3.05, 3.63) is 89.5 Å². The molecule has 0 N–H and O–H groups in total. The summed E-state index contributed by atoms with van der Waals surface area (Å²) in [6, 6.07) is 23.9. The molecule has 0 aromatic heterocycles. The Morgan fingerprint density at radius 1 is 0.786 bits per heavy atom. The molecular formula is C25H24O3. The summed E-state index contributed by atoms with van der Waals surface area (Å²) in [5, 5.41) is 0. The van der Waals surface area contributed by atoms with Crippen LogP contribution in [0.2, 0.25) is 0 Å². The van der Waals surface area contributed by atoms with Gasteiger partial charge in [-0.25, -0.2) is 4.79 Å². The highest BCUT2D eigenvalue weighted by molar-refractivity contribution is 5.89. The SMILES string of the molecule is CCCOc1ccc(-c2ccc(/C=C\c3ccc(C(=O)OC)cc3)cc2)cc1. The predicted octanol–water partition coefficient (Wildman–Crippen LogP) is 6.10. The summed E-state index contributed by atoms with van der Waals surface area (Å²) in [7, 11) is 1.38. The Morgan fingerprint density at radius 3 is 1.79 bits per heavy atom. The number of hydrogen-bond acceptors (Lipinski definition) is 3. The van der Waals surface area contributed by atoms with Crippen molar-refractivity contribution in [2.75, 3.05) is 13.7 Å². The number of benzene rings is 3. The predicted molar refractivity (Wildman–Crippen MR) is 114 cm³/mol. The van der Waals surface area contributed by atoms with Crippen LogP contribution >= 0.6 is 0 Å². The van der Waals surface area contributed by atoms with E-state index < -0.39 is 0 Å². The zero-order valence-electron chi connectivity index (χ0n) is 16.2. The summed E-state index contributed by atoms with van der Waals surface area (Å²) in [6.45, 7) is 2.84. The first-order chi connectivity index (χ1) is 13.7. The molecule has 3 rings (SSSR count). The molecule has 0 aliphatic heterocycles. The van der Waals surface area contributed by atoms with Gasteiger partial charge in [0.05, 0.1) is 19.3 Å². The van der Waals surface area contributed by atoms with Crippen LogP contribution in [0, 0.1) is 0 Å². The average molecular weight is 372 g/mol. The van der Waals surface area contributed by atoms with Gasteiger partial charge in [0.25, 0.3) is 0 Å². The van der Waals surface area contributed by atoms with Crippen LogP contribution in [-0.2, 0) is 4.74 Å². The second-order valence-corrected chi connectivity index (χ2v) is 6.44. The molecule has 0 bridgehead atoms. The Bertz CT molecular complexity index is 921. The van der Waals surface area contributed by atoms with E-state index in [1.54, 1.807) is 12.1 Å². The summed E-state index contributed by atoms with van der Waals surface area (Å²) in [5.74, 6) is 0.583. The van der Waals surface area contributed by atoms with Gasteiger partial charge in [0.1, 0.15) is 5.75 Å². The molecule has 0 spiro atoms. The first kappa shape index (κ1) is 19.4. The minimum atomic E-state index is -0.323. The number of carbonyl (C=O) groups is 1. The van der Waals surface area contributed by atoms with Gasteiger partial charge in [0.2, 0.25) is 0 Å². The van der Waals surface area contributed by atoms with Crippen molar-refractivity contribution in [2.45, 2.75) is 13.3 Å². The van der Waals surface area contributed by atoms with E-state index >= 15 is 0 Å². The van der Waals surface area contributed by atoms with Gasteiger partial charge in [0.15, 0.2) is 0 Å². The highest BCUT2D eigenvalue weighted by Crippen LogP contribution is 2.23. The Hall–Kier alpha value is -3.33. The number of hydrogen-bond donors (Lipinski definition) is 0. The normalized spacial score (nSPS) is 10.8. The van der Waals surface area contributed by atoms with Gasteiger partial charge in [-0.2, -0.15) is 0 Å². The molecule has 0 heterocycles. The lowest BCUT2D eigenvalue weighted by Gasteiger charge is -2.06. The molecule has 3 aromatic carbocycles. The maximum Gasteiger partial charge on any atom is 0.337 e. The maximum atomic E-state index is 11.5. The van der Waals surface area contributed by atoms with Gasteiger partial charge < -0.3 is 9.47 Å². The molecule has 3 heteroatoms. The van der Waals surface area contributed by atoms with Crippen LogP contribution in [-0.4, -0.2) is 19.7 Å². The van der Waals surface area contributed by atoms with E-state index in [0.29, 0.717) is 5.56 Å². The lowest BCUT2D eigenvalue weighted by Crippen LogP contribution is -2.00. The fourth-order valence-corrected chi connectivity index (χ4v) is 2.79. The van der Waals surface area contributed by atoms with Crippen molar-refractivity contribution in [3.8, 4) is 16.9 Å². The van der Waals surface area contributed by atoms with Gasteiger partial charge in [-0.1, -0.05) is 67.6 Å². The number of esters is 1. The molecule has 0 saturated carbocycles. The first-order valence-electron chi connectivity index (χ1n) is 9.39. The summed E-state index contributed by atoms with van der Waals surface area (Å²) >= 11 is 0. The van der Waals surface area contributed by atoms with E-state index in [9.17, 15) is 4.79 Å². The van der Waals surface area contributed by atoms with Crippen LogP contribution in [0.15, 0.2) is 72.8 Å². The molecule has 0 unspecified atom stereocenters. The number of ether oxygens (including phenoxy) is 2. The zero-order chi connectivity index (χ0) is 19.8. The van der Waals surface area contributed by atoms with E-state index in [1.165, 1.54) is 12.7 Å². The topological polar surface area (TPSA) is 35.5 Å². The third kappa shape index (κ3) is 5.10. The van der Waals surface area contributed by atoms with Gasteiger partial charge in [-0.3, -0.25) is 0 Å². The molecule has 0 amide bonds. The second-order valence-electron chi connectivity index (χ2n) is 6.44. The molecule has 142 valence electrons. The number of carbonyl (C=O) groups excluding carboxylic acids is 1. The first-order valence-corrected chi connectivity index (χ1v) is 9.39. The standard InChI is InChI=1S/C25H24O3/c1-3-18-28-24-16-14-22(15-17-24)21-10-6-19(7-11-21)4-5-20-8-12-23(13-9-20)25(26)27-2/h4-17H,3,18H2,1-2H3/b5-4-. The lowest BCUT2D eigenvalue weighted by atomic mass is 10.0. The fraction of sp³-hybridized carbons (Fsp3) is 0.160. The van der Waals surface area contributed by atoms with E-state index in [2.05, 4.69) is 49.4 Å². The molecular weight excluding hydrogens is 348 g/mol. The van der Waals surface area contributed by atoms with Crippen molar-refractivity contribution in [1.82, 2.24) is 0 Å². The average Bonchev–Trinajstić information content (AvgIpc) is 2.77. The highest BCUT2D eigenvalue weighted by Gasteiger charge is 2.03. The Labute approximate surface area is 166 Å². The molecule has 0 aliphatic carbocycles. The summed E-state index contributed by atoms with van der Waals surface area (Å²) in [4.78, 5) is 11.5. The van der Waals surface area contributed by atoms with Crippen LogP contribution in [0.3, 0.4) is 0 Å². The molecule has 3 nitrogen and oxygen atoms in total. The van der Waals surface area contributed by atoms with Gasteiger partial charge in [0, 0.05) is 0 Å². The highest BCUT2D eigenvalue weighted by atomic mass is 16.5. The molecule has 3 aromatic rings. The quantitative estimate of drug-likeness (QED) is 0.371. The Kier molecular flexibility index (Phi) is 6.64. The third-order valence-corrected chi connectivity index (χ3v) is 4.37. The van der Waals surface area contributed by atoms with Crippen molar-refractivity contribution >= 4 is 18.1 Å². The lowest BCUT2D eigenvalue weighted by molar-refractivity contribution is 0.0600. The van der Waals surface area contributed by atoms with Crippen LogP contribution in [0.1, 0.15) is 34.8 Å². The van der Waals surface area contributed by atoms with E-state index in [4.69, 9.17) is 9.47 Å². The molecule has 0 aliphatic rings. The summed E-state index contributed by atoms with van der Waals surface area (Å²) in [6.07, 6.45) is 5.08. The minimum Gasteiger partial charge on any atom is -0.494 e. The second kappa shape index (κ2) is 9.56. The smallest absolute Gasteiger partial charge is 0.337 e. The number of methoxy groups -OCH3 is 1. The van der Waals surface area contributed by atoms with Gasteiger partial charge >= 0.3 is 5.97 Å². The monoisotopic (exact) mass is 372 g/mol. The van der Waals surface area contributed by atoms with Crippen LogP contribution in [0.5, 0.6) is 5.75 Å². The van der Waals surface area contributed by atoms with Crippen LogP contribution in [0.25, 0.3) is 23.3 Å². The maximum absolute atomic E-state index is 11.5. The van der Waals surface area contributed by atoms with Crippen molar-refractivity contribution in [1.29, 1.82) is 0 Å². The summed E-state index contributed by atoms with van der Waals surface area (Å²) < 4.78 is 10.3. The third-order valence-electron chi connectivity index (χ3n) is 4.37. The van der Waals surface area contributed by atoms with Crippen molar-refractivity contribution in [3.63, 3.8) is 0 Å². The van der Waals surface area contributed by atoms with Crippen LogP contribution < -0.4 is 4.74 Å². The molecule has 0 radical (unpaired) electrons. The van der Waals surface area contributed by atoms with Crippen LogP contribution in [0.4, 0.5) is 0 Å². The largest absolute Gasteiger partial charge is 0.494 e. The molecule has 0 saturated heterocycles. The van der Waals surface area contributed by atoms with Crippen molar-refractivity contribution in [2.24, 2.45) is 0 Å². The fourth-order valence-electron chi connectivity index (χ4n) is 2.79. The minimum absolute atomic E-state index is 0.323. The molecule has 0 fully saturated rings.